The van der Waals surface area contributed by atoms with Gasteiger partial charge in [-0.25, -0.2) is 14.4 Å². The Morgan fingerprint density at radius 2 is 2.14 bits per heavy atom. The molecule has 35 heavy (non-hydrogen) atoms. The Morgan fingerprint density at radius 1 is 1.31 bits per heavy atom. The molecule has 3 aromatic heterocycles. The molecule has 6 rings (SSSR count). The molecule has 0 atom stereocenters. The molecule has 0 bridgehead atoms. The first kappa shape index (κ1) is 22.1. The number of amides is 1. The number of carbonyl (C=O) groups excluding carboxylic acids is 1. The van der Waals surface area contributed by atoms with E-state index in [0.717, 1.165) is 16.6 Å². The van der Waals surface area contributed by atoms with Crippen molar-refractivity contribution in [3.8, 4) is 10.6 Å². The average molecular weight is 511 g/mol. The fourth-order valence-electron chi connectivity index (χ4n) is 4.60. The lowest BCUT2D eigenvalue weighted by atomic mass is 9.94. The highest BCUT2D eigenvalue weighted by atomic mass is 35.5. The number of hydrogen-bond donors (Lipinski definition) is 1. The minimum absolute atomic E-state index is 0.0917. The zero-order valence-corrected chi connectivity index (χ0v) is 20.5. The van der Waals surface area contributed by atoms with Gasteiger partial charge in [-0.1, -0.05) is 23.7 Å². The van der Waals surface area contributed by atoms with Crippen LogP contribution in [0.5, 0.6) is 0 Å². The maximum absolute atomic E-state index is 14.9. The summed E-state index contributed by atoms with van der Waals surface area (Å²) in [6.45, 7) is 3.05. The maximum atomic E-state index is 14.9. The van der Waals surface area contributed by atoms with Gasteiger partial charge in [-0.3, -0.25) is 9.48 Å². The van der Waals surface area contributed by atoms with Crippen LogP contribution < -0.4 is 5.32 Å². The molecule has 178 valence electrons. The van der Waals surface area contributed by atoms with Crippen LogP contribution in [0.3, 0.4) is 0 Å². The molecule has 0 saturated carbocycles. The second kappa shape index (κ2) is 8.11. The second-order valence-electron chi connectivity index (χ2n) is 8.66. The number of aryl methyl sites for hydroxylation is 1. The van der Waals surface area contributed by atoms with Gasteiger partial charge in [0, 0.05) is 29.6 Å². The van der Waals surface area contributed by atoms with E-state index in [9.17, 15) is 9.18 Å². The van der Waals surface area contributed by atoms with Crippen LogP contribution in [0.25, 0.3) is 10.6 Å². The van der Waals surface area contributed by atoms with E-state index in [4.69, 9.17) is 16.3 Å². The van der Waals surface area contributed by atoms with Crippen molar-refractivity contribution in [2.24, 2.45) is 7.05 Å². The first-order chi connectivity index (χ1) is 16.9. The molecular formula is C24H20ClFN6O2S. The van der Waals surface area contributed by atoms with E-state index in [2.05, 4.69) is 20.4 Å². The standard InChI is InChI=1S/C24H20ClFN6O2S/c1-13-18-21(24(11-34-12-24)32(22(18)33)10-14-4-3-5-15(25)8-14)35-20(13)19-16(26)9-27-23(30-19)29-17-6-7-28-31(17)2/h3-9H,10-12H2,1-2H3,(H,27,29,30). The van der Waals surface area contributed by atoms with Gasteiger partial charge in [0.05, 0.1) is 36.0 Å². The highest BCUT2D eigenvalue weighted by Crippen LogP contribution is 2.52. The van der Waals surface area contributed by atoms with E-state index < -0.39 is 11.4 Å². The van der Waals surface area contributed by atoms with Crippen LogP contribution in [0.2, 0.25) is 5.02 Å². The number of fused-ring (bicyclic) bond motifs is 2. The maximum Gasteiger partial charge on any atom is 0.256 e. The number of thiophene rings is 1. The Hall–Kier alpha value is -3.34. The van der Waals surface area contributed by atoms with Crippen LogP contribution in [0.4, 0.5) is 16.2 Å². The highest BCUT2D eigenvalue weighted by Gasteiger charge is 2.57. The summed E-state index contributed by atoms with van der Waals surface area (Å²) in [5.41, 5.74) is 1.85. The molecule has 11 heteroatoms. The Balaban J connectivity index is 1.38. The molecule has 0 unspecified atom stereocenters. The zero-order valence-electron chi connectivity index (χ0n) is 18.9. The Bertz CT molecular complexity index is 1480. The molecule has 2 aliphatic heterocycles. The number of aromatic nitrogens is 4. The molecule has 5 heterocycles. The third kappa shape index (κ3) is 3.43. The first-order valence-corrected chi connectivity index (χ1v) is 12.1. The molecule has 1 amide bonds. The molecule has 1 saturated heterocycles. The van der Waals surface area contributed by atoms with Crippen molar-refractivity contribution < 1.29 is 13.9 Å². The molecule has 0 aliphatic carbocycles. The summed E-state index contributed by atoms with van der Waals surface area (Å²) in [5, 5.41) is 7.78. The molecule has 4 aromatic rings. The second-order valence-corrected chi connectivity index (χ2v) is 10.1. The first-order valence-electron chi connectivity index (χ1n) is 10.9. The largest absolute Gasteiger partial charge is 0.376 e. The van der Waals surface area contributed by atoms with Gasteiger partial charge in [0.1, 0.15) is 17.1 Å². The topological polar surface area (TPSA) is 85.2 Å². The molecule has 1 aromatic carbocycles. The summed E-state index contributed by atoms with van der Waals surface area (Å²) in [6.07, 6.45) is 2.78. The van der Waals surface area contributed by atoms with E-state index in [-0.39, 0.29) is 17.5 Å². The third-order valence-corrected chi connectivity index (χ3v) is 8.20. The number of benzene rings is 1. The van der Waals surface area contributed by atoms with Gasteiger partial charge in [0.2, 0.25) is 5.95 Å². The lowest BCUT2D eigenvalue weighted by molar-refractivity contribution is -0.126. The molecule has 8 nitrogen and oxygen atoms in total. The Morgan fingerprint density at radius 3 is 2.83 bits per heavy atom. The molecule has 1 fully saturated rings. The smallest absolute Gasteiger partial charge is 0.256 e. The van der Waals surface area contributed by atoms with Crippen LogP contribution >= 0.6 is 22.9 Å². The summed E-state index contributed by atoms with van der Waals surface area (Å²) < 4.78 is 22.2. The lowest BCUT2D eigenvalue weighted by Crippen LogP contribution is -2.56. The number of anilines is 2. The van der Waals surface area contributed by atoms with Gasteiger partial charge in [0.15, 0.2) is 5.82 Å². The van der Waals surface area contributed by atoms with Gasteiger partial charge in [-0.15, -0.1) is 11.3 Å². The van der Waals surface area contributed by atoms with Crippen molar-refractivity contribution in [3.63, 3.8) is 0 Å². The van der Waals surface area contributed by atoms with Gasteiger partial charge in [-0.05, 0) is 30.2 Å². The van der Waals surface area contributed by atoms with Crippen LogP contribution in [0.15, 0.2) is 42.7 Å². The van der Waals surface area contributed by atoms with Crippen LogP contribution in [0, 0.1) is 12.7 Å². The Labute approximate surface area is 209 Å². The third-order valence-electron chi connectivity index (χ3n) is 6.48. The predicted octanol–water partition coefficient (Wildman–Crippen LogP) is 4.66. The van der Waals surface area contributed by atoms with E-state index >= 15 is 0 Å². The van der Waals surface area contributed by atoms with E-state index in [0.29, 0.717) is 46.6 Å². The van der Waals surface area contributed by atoms with Crippen molar-refractivity contribution in [1.29, 1.82) is 0 Å². The molecule has 1 N–H and O–H groups in total. The SMILES string of the molecule is Cc1c(-c2nc(Nc3ccnn3C)ncc2F)sc2c1C(=O)N(Cc1cccc(Cl)c1)C21COC1. The number of ether oxygens (including phenoxy) is 1. The van der Waals surface area contributed by atoms with Crippen LogP contribution in [-0.4, -0.2) is 43.8 Å². The van der Waals surface area contributed by atoms with Gasteiger partial charge in [0.25, 0.3) is 5.91 Å². The predicted molar refractivity (Wildman–Crippen MR) is 130 cm³/mol. The number of carbonyl (C=O) groups is 1. The fourth-order valence-corrected chi connectivity index (χ4v) is 6.27. The van der Waals surface area contributed by atoms with E-state index in [1.54, 1.807) is 30.1 Å². The van der Waals surface area contributed by atoms with Gasteiger partial charge in [-0.2, -0.15) is 5.10 Å². The lowest BCUT2D eigenvalue weighted by Gasteiger charge is -2.45. The fraction of sp³-hybridized carbons (Fsp3) is 0.250. The number of nitrogens with zero attached hydrogens (tertiary/aromatic N) is 5. The van der Waals surface area contributed by atoms with Crippen molar-refractivity contribution in [2.45, 2.75) is 19.0 Å². The van der Waals surface area contributed by atoms with Gasteiger partial charge < -0.3 is 15.0 Å². The van der Waals surface area contributed by atoms with Crippen LogP contribution in [-0.2, 0) is 23.9 Å². The monoisotopic (exact) mass is 510 g/mol. The Kier molecular flexibility index (Phi) is 5.13. The summed E-state index contributed by atoms with van der Waals surface area (Å²) in [6, 6.07) is 9.26. The quantitative estimate of drug-likeness (QED) is 0.420. The average Bonchev–Trinajstić information content (AvgIpc) is 3.43. The summed E-state index contributed by atoms with van der Waals surface area (Å²) in [4.78, 5) is 25.5. The zero-order chi connectivity index (χ0) is 24.3. The summed E-state index contributed by atoms with van der Waals surface area (Å²) in [5.74, 6) is 0.274. The number of hydrogen-bond acceptors (Lipinski definition) is 7. The summed E-state index contributed by atoms with van der Waals surface area (Å²) in [7, 11) is 1.78. The normalized spacial score (nSPS) is 16.0. The van der Waals surface area contributed by atoms with Crippen molar-refractivity contribution in [2.75, 3.05) is 18.5 Å². The van der Waals surface area contributed by atoms with Crippen molar-refractivity contribution >= 4 is 40.6 Å². The highest BCUT2D eigenvalue weighted by molar-refractivity contribution is 7.16. The van der Waals surface area contributed by atoms with Gasteiger partial charge >= 0.3 is 0 Å². The minimum Gasteiger partial charge on any atom is -0.376 e. The van der Waals surface area contributed by atoms with E-state index in [1.165, 1.54) is 11.3 Å². The molecule has 1 spiro atoms. The number of nitrogens with one attached hydrogen (secondary N) is 1. The summed E-state index contributed by atoms with van der Waals surface area (Å²) >= 11 is 7.56. The number of rotatable bonds is 5. The van der Waals surface area contributed by atoms with Crippen LogP contribution in [0.1, 0.15) is 26.4 Å². The van der Waals surface area contributed by atoms with Crippen molar-refractivity contribution in [3.05, 3.63) is 75.1 Å². The van der Waals surface area contributed by atoms with E-state index in [1.807, 2.05) is 30.0 Å². The minimum atomic E-state index is -0.568. The molecule has 2 aliphatic rings. The molecule has 0 radical (unpaired) electrons. The molecular weight excluding hydrogens is 491 g/mol. The number of halogens is 2. The van der Waals surface area contributed by atoms with Crippen molar-refractivity contribution in [1.82, 2.24) is 24.6 Å².